The van der Waals surface area contributed by atoms with Gasteiger partial charge in [-0.05, 0) is 30.2 Å². The number of aryl methyl sites for hydroxylation is 1. The molecule has 0 atom stereocenters. The lowest BCUT2D eigenvalue weighted by molar-refractivity contribution is -0.305. The van der Waals surface area contributed by atoms with Gasteiger partial charge in [-0.3, -0.25) is 4.79 Å². The molecule has 0 aliphatic carbocycles. The molecule has 136 valence electrons. The summed E-state index contributed by atoms with van der Waals surface area (Å²) in [6, 6.07) is 15.0. The molecule has 0 bridgehead atoms. The van der Waals surface area contributed by atoms with E-state index in [1.165, 1.54) is 0 Å². The minimum Gasteiger partial charge on any atom is -0.550 e. The first-order valence-electron chi connectivity index (χ1n) is 8.35. The highest BCUT2D eigenvalue weighted by Crippen LogP contribution is 2.22. The number of rotatable bonds is 5. The van der Waals surface area contributed by atoms with Crippen LogP contribution in [0.15, 0.2) is 53.3 Å². The molecule has 7 nitrogen and oxygen atoms in total. The molecule has 0 amide bonds. The highest BCUT2D eigenvalue weighted by Gasteiger charge is 2.16. The second-order valence-electron chi connectivity index (χ2n) is 6.11. The quantitative estimate of drug-likeness (QED) is 0.521. The first-order chi connectivity index (χ1) is 13.0. The number of benzene rings is 2. The van der Waals surface area contributed by atoms with Crippen LogP contribution in [0.4, 0.5) is 0 Å². The van der Waals surface area contributed by atoms with E-state index in [0.717, 1.165) is 16.6 Å². The van der Waals surface area contributed by atoms with Gasteiger partial charge in [0, 0.05) is 17.4 Å². The minimum absolute atomic E-state index is 0.0267. The van der Waals surface area contributed by atoms with Gasteiger partial charge in [0.1, 0.15) is 5.69 Å². The van der Waals surface area contributed by atoms with Crippen LogP contribution >= 0.6 is 11.6 Å². The van der Waals surface area contributed by atoms with Crippen LogP contribution in [-0.2, 0) is 17.8 Å². The Hall–Kier alpha value is -3.19. The Morgan fingerprint density at radius 1 is 1.07 bits per heavy atom. The van der Waals surface area contributed by atoms with Crippen molar-refractivity contribution in [3.8, 4) is 0 Å². The van der Waals surface area contributed by atoms with Crippen molar-refractivity contribution in [2.24, 2.45) is 0 Å². The summed E-state index contributed by atoms with van der Waals surface area (Å²) >= 11 is 6.29. The fraction of sp³-hybridized carbons (Fsp3) is 0.158. The molecule has 4 rings (SSSR count). The number of para-hydroxylation sites is 2. The SMILES string of the molecule is O=C([O-])CCc1nn2c3ccccc3n(Cc3ccccc3Cl)c2nc1=O. The van der Waals surface area contributed by atoms with Gasteiger partial charge in [0.2, 0.25) is 5.78 Å². The Balaban J connectivity index is 1.92. The Labute approximate surface area is 158 Å². The zero-order chi connectivity index (χ0) is 19.0. The van der Waals surface area contributed by atoms with Gasteiger partial charge in [0.15, 0.2) is 0 Å². The van der Waals surface area contributed by atoms with Crippen LogP contribution in [0.2, 0.25) is 5.02 Å². The van der Waals surface area contributed by atoms with E-state index < -0.39 is 11.5 Å². The number of fused-ring (bicyclic) bond motifs is 3. The summed E-state index contributed by atoms with van der Waals surface area (Å²) in [6.45, 7) is 0.420. The van der Waals surface area contributed by atoms with Crippen LogP contribution < -0.4 is 10.7 Å². The average Bonchev–Trinajstić information content (AvgIpc) is 2.94. The van der Waals surface area contributed by atoms with Gasteiger partial charge < -0.3 is 14.5 Å². The number of aromatic nitrogens is 4. The van der Waals surface area contributed by atoms with Crippen molar-refractivity contribution in [1.82, 2.24) is 19.2 Å². The standard InChI is InChI=1S/C19H15ClN4O3/c20-13-6-2-1-5-12(13)11-23-15-7-3-4-8-16(15)24-19(23)21-18(27)14(22-24)9-10-17(25)26/h1-8H,9-11H2,(H,25,26)/p-1. The number of imidazole rings is 1. The van der Waals surface area contributed by atoms with E-state index in [2.05, 4.69) is 10.1 Å². The summed E-state index contributed by atoms with van der Waals surface area (Å²) in [4.78, 5) is 27.2. The van der Waals surface area contributed by atoms with Crippen LogP contribution in [0.3, 0.4) is 0 Å². The molecule has 8 heteroatoms. The second-order valence-corrected chi connectivity index (χ2v) is 6.52. The fourth-order valence-electron chi connectivity index (χ4n) is 3.06. The number of carboxylic acids is 1. The predicted molar refractivity (Wildman–Crippen MR) is 98.6 cm³/mol. The normalized spacial score (nSPS) is 11.3. The lowest BCUT2D eigenvalue weighted by Gasteiger charge is -2.08. The zero-order valence-corrected chi connectivity index (χ0v) is 14.9. The Morgan fingerprint density at radius 3 is 2.52 bits per heavy atom. The number of carbonyl (C=O) groups is 1. The maximum Gasteiger partial charge on any atom is 0.296 e. The molecular formula is C19H14ClN4O3-. The van der Waals surface area contributed by atoms with Gasteiger partial charge in [-0.25, -0.2) is 0 Å². The van der Waals surface area contributed by atoms with Gasteiger partial charge in [0.05, 0.1) is 17.6 Å². The lowest BCUT2D eigenvalue weighted by Crippen LogP contribution is -2.25. The Bertz CT molecular complexity index is 1230. The lowest BCUT2D eigenvalue weighted by atomic mass is 10.2. The maximum atomic E-state index is 12.4. The molecule has 0 saturated carbocycles. The molecule has 0 spiro atoms. The van der Waals surface area contributed by atoms with E-state index in [-0.39, 0.29) is 18.5 Å². The molecule has 0 fully saturated rings. The molecule has 0 N–H and O–H groups in total. The molecule has 27 heavy (non-hydrogen) atoms. The van der Waals surface area contributed by atoms with Crippen molar-refractivity contribution in [2.45, 2.75) is 19.4 Å². The Morgan fingerprint density at radius 2 is 1.78 bits per heavy atom. The van der Waals surface area contributed by atoms with Gasteiger partial charge in [-0.15, -0.1) is 0 Å². The highest BCUT2D eigenvalue weighted by molar-refractivity contribution is 6.31. The molecular weight excluding hydrogens is 368 g/mol. The summed E-state index contributed by atoms with van der Waals surface area (Å²) < 4.78 is 3.44. The van der Waals surface area contributed by atoms with E-state index in [1.807, 2.05) is 47.0 Å². The summed E-state index contributed by atoms with van der Waals surface area (Å²) in [5.74, 6) is -0.860. The zero-order valence-electron chi connectivity index (χ0n) is 14.1. The van der Waals surface area contributed by atoms with E-state index in [0.29, 0.717) is 17.3 Å². The molecule has 0 aliphatic rings. The Kier molecular flexibility index (Phi) is 4.37. The van der Waals surface area contributed by atoms with Crippen molar-refractivity contribution < 1.29 is 9.90 Å². The molecule has 0 aliphatic heterocycles. The van der Waals surface area contributed by atoms with Crippen molar-refractivity contribution in [2.75, 3.05) is 0 Å². The van der Waals surface area contributed by atoms with Crippen LogP contribution in [0.25, 0.3) is 16.8 Å². The van der Waals surface area contributed by atoms with Crippen molar-refractivity contribution in [1.29, 1.82) is 0 Å². The van der Waals surface area contributed by atoms with Gasteiger partial charge in [-0.2, -0.15) is 14.6 Å². The van der Waals surface area contributed by atoms with Crippen molar-refractivity contribution >= 4 is 34.4 Å². The van der Waals surface area contributed by atoms with Crippen molar-refractivity contribution in [3.63, 3.8) is 0 Å². The number of aliphatic carboxylic acids is 1. The van der Waals surface area contributed by atoms with E-state index in [4.69, 9.17) is 11.6 Å². The smallest absolute Gasteiger partial charge is 0.296 e. The number of carbonyl (C=O) groups excluding carboxylic acids is 1. The molecule has 2 aromatic carbocycles. The van der Waals surface area contributed by atoms with Crippen molar-refractivity contribution in [3.05, 3.63) is 75.2 Å². The molecule has 2 heterocycles. The van der Waals surface area contributed by atoms with Crippen LogP contribution in [0, 0.1) is 0 Å². The van der Waals surface area contributed by atoms with Gasteiger partial charge in [0.25, 0.3) is 5.56 Å². The summed E-state index contributed by atoms with van der Waals surface area (Å²) in [7, 11) is 0. The summed E-state index contributed by atoms with van der Waals surface area (Å²) in [6.07, 6.45) is -0.310. The summed E-state index contributed by atoms with van der Waals surface area (Å²) in [5.41, 5.74) is 2.05. The highest BCUT2D eigenvalue weighted by atomic mass is 35.5. The summed E-state index contributed by atoms with van der Waals surface area (Å²) in [5, 5.41) is 15.7. The van der Waals surface area contributed by atoms with Gasteiger partial charge >= 0.3 is 0 Å². The largest absolute Gasteiger partial charge is 0.550 e. The number of hydrogen-bond acceptors (Lipinski definition) is 5. The number of carboxylic acid groups (broad SMARTS) is 1. The van der Waals surface area contributed by atoms with Crippen LogP contribution in [0.5, 0.6) is 0 Å². The van der Waals surface area contributed by atoms with Gasteiger partial charge in [-0.1, -0.05) is 41.9 Å². The first-order valence-corrected chi connectivity index (χ1v) is 8.73. The fourth-order valence-corrected chi connectivity index (χ4v) is 3.25. The molecule has 0 radical (unpaired) electrons. The third-order valence-corrected chi connectivity index (χ3v) is 4.72. The molecule has 0 unspecified atom stereocenters. The minimum atomic E-state index is -1.23. The van der Waals surface area contributed by atoms with E-state index in [1.54, 1.807) is 10.6 Å². The first kappa shape index (κ1) is 17.2. The topological polar surface area (TPSA) is 92.3 Å². The number of nitrogens with zero attached hydrogens (tertiary/aromatic N) is 4. The number of hydrogen-bond donors (Lipinski definition) is 0. The maximum absolute atomic E-state index is 12.4. The monoisotopic (exact) mass is 381 g/mol. The molecule has 4 aromatic rings. The van der Waals surface area contributed by atoms with E-state index in [9.17, 15) is 14.7 Å². The number of halogens is 1. The van der Waals surface area contributed by atoms with Crippen LogP contribution in [0.1, 0.15) is 17.7 Å². The average molecular weight is 382 g/mol. The predicted octanol–water partition coefficient (Wildman–Crippen LogP) is 1.43. The third-order valence-electron chi connectivity index (χ3n) is 4.35. The molecule has 2 aromatic heterocycles. The van der Waals surface area contributed by atoms with E-state index >= 15 is 0 Å². The second kappa shape index (κ2) is 6.85. The molecule has 0 saturated heterocycles. The van der Waals surface area contributed by atoms with Crippen LogP contribution in [-0.4, -0.2) is 25.1 Å². The third kappa shape index (κ3) is 3.17.